The molecule has 0 aliphatic heterocycles. The van der Waals surface area contributed by atoms with Crippen LogP contribution in [0, 0.1) is 12.8 Å². The van der Waals surface area contributed by atoms with Crippen LogP contribution in [0.5, 0.6) is 0 Å². The normalized spacial score (nSPS) is 39.0. The minimum atomic E-state index is -0.286. The third kappa shape index (κ3) is 1.94. The van der Waals surface area contributed by atoms with Crippen molar-refractivity contribution in [3.05, 3.63) is 6.92 Å². The van der Waals surface area contributed by atoms with Gasteiger partial charge in [0, 0.05) is 7.11 Å². The lowest BCUT2D eigenvalue weighted by Gasteiger charge is -2.33. The fourth-order valence-corrected chi connectivity index (χ4v) is 1.80. The van der Waals surface area contributed by atoms with E-state index in [9.17, 15) is 5.11 Å². The smallest absolute Gasteiger partial charge is 0.0832 e. The molecule has 1 radical (unpaired) electrons. The van der Waals surface area contributed by atoms with Gasteiger partial charge in [-0.25, -0.2) is 0 Å². The van der Waals surface area contributed by atoms with E-state index < -0.39 is 0 Å². The second-order valence-corrected chi connectivity index (χ2v) is 3.24. The van der Waals surface area contributed by atoms with Crippen molar-refractivity contribution in [3.63, 3.8) is 0 Å². The number of aliphatic hydroxyl groups excluding tert-OH is 1. The summed E-state index contributed by atoms with van der Waals surface area (Å²) in [5.41, 5.74) is 0. The van der Waals surface area contributed by atoms with Crippen molar-refractivity contribution in [2.75, 3.05) is 7.11 Å². The molecule has 0 heterocycles. The number of ether oxygens (including phenoxy) is 1. The van der Waals surface area contributed by atoms with Gasteiger partial charge in [-0.2, -0.15) is 0 Å². The van der Waals surface area contributed by atoms with Crippen molar-refractivity contribution in [2.24, 2.45) is 5.92 Å². The lowest BCUT2D eigenvalue weighted by molar-refractivity contribution is -0.0654. The van der Waals surface area contributed by atoms with Crippen LogP contribution >= 0.6 is 0 Å². The highest BCUT2D eigenvalue weighted by molar-refractivity contribution is 4.82. The van der Waals surface area contributed by atoms with E-state index in [1.165, 1.54) is 0 Å². The van der Waals surface area contributed by atoms with E-state index in [4.69, 9.17) is 4.74 Å². The summed E-state index contributed by atoms with van der Waals surface area (Å²) in [6, 6.07) is 0. The molecule has 3 atom stereocenters. The van der Waals surface area contributed by atoms with E-state index in [-0.39, 0.29) is 12.2 Å². The van der Waals surface area contributed by atoms with Gasteiger partial charge in [-0.3, -0.25) is 0 Å². The molecule has 1 aliphatic rings. The van der Waals surface area contributed by atoms with Gasteiger partial charge in [-0.15, -0.1) is 0 Å². The van der Waals surface area contributed by atoms with E-state index in [1.807, 2.05) is 0 Å². The maximum Gasteiger partial charge on any atom is 0.0832 e. The zero-order valence-corrected chi connectivity index (χ0v) is 7.12. The standard InChI is InChI=1S/C9H17O2/c1-3-7-5-4-6-8(11-2)9(7)10/h7-10H,1,3-6H2,2H3. The quantitative estimate of drug-likeness (QED) is 0.656. The molecule has 1 aliphatic carbocycles. The molecule has 2 nitrogen and oxygen atoms in total. The summed E-state index contributed by atoms with van der Waals surface area (Å²) in [7, 11) is 1.67. The zero-order chi connectivity index (χ0) is 8.27. The summed E-state index contributed by atoms with van der Waals surface area (Å²) in [5, 5.41) is 9.66. The molecule has 2 heteroatoms. The van der Waals surface area contributed by atoms with Crippen LogP contribution in [0.4, 0.5) is 0 Å². The van der Waals surface area contributed by atoms with Crippen molar-refractivity contribution in [1.29, 1.82) is 0 Å². The Balaban J connectivity index is 2.45. The summed E-state index contributed by atoms with van der Waals surface area (Å²) in [5.74, 6) is 0.355. The minimum absolute atomic E-state index is 0.0514. The molecule has 0 spiro atoms. The largest absolute Gasteiger partial charge is 0.390 e. The second kappa shape index (κ2) is 4.07. The summed E-state index contributed by atoms with van der Waals surface area (Å²) in [6.45, 7) is 3.81. The topological polar surface area (TPSA) is 29.5 Å². The first-order chi connectivity index (χ1) is 5.29. The Morgan fingerprint density at radius 3 is 2.82 bits per heavy atom. The minimum Gasteiger partial charge on any atom is -0.390 e. The molecule has 11 heavy (non-hydrogen) atoms. The van der Waals surface area contributed by atoms with Gasteiger partial charge < -0.3 is 9.84 Å². The maximum absolute atomic E-state index is 9.66. The Bertz CT molecular complexity index is 102. The molecule has 1 N–H and O–H groups in total. The highest BCUT2D eigenvalue weighted by atomic mass is 16.5. The van der Waals surface area contributed by atoms with E-state index in [0.717, 1.165) is 25.7 Å². The second-order valence-electron chi connectivity index (χ2n) is 3.24. The molecule has 0 bridgehead atoms. The van der Waals surface area contributed by atoms with Crippen LogP contribution in [0.15, 0.2) is 0 Å². The first kappa shape index (κ1) is 9.01. The Hall–Kier alpha value is -0.0800. The van der Waals surface area contributed by atoms with E-state index in [2.05, 4.69) is 6.92 Å². The van der Waals surface area contributed by atoms with Gasteiger partial charge in [0.05, 0.1) is 12.2 Å². The van der Waals surface area contributed by atoms with Crippen LogP contribution in [0.3, 0.4) is 0 Å². The third-order valence-electron chi connectivity index (χ3n) is 2.60. The predicted octanol–water partition coefficient (Wildman–Crippen LogP) is 1.39. The van der Waals surface area contributed by atoms with Crippen LogP contribution in [0.25, 0.3) is 0 Å². The number of rotatable bonds is 2. The van der Waals surface area contributed by atoms with Gasteiger partial charge in [-0.05, 0) is 25.2 Å². The molecular weight excluding hydrogens is 140 g/mol. The van der Waals surface area contributed by atoms with E-state index in [0.29, 0.717) is 5.92 Å². The first-order valence-electron chi connectivity index (χ1n) is 4.29. The molecule has 0 aromatic heterocycles. The Morgan fingerprint density at radius 1 is 1.55 bits per heavy atom. The van der Waals surface area contributed by atoms with Gasteiger partial charge in [-0.1, -0.05) is 13.3 Å². The monoisotopic (exact) mass is 157 g/mol. The van der Waals surface area contributed by atoms with Crippen LogP contribution < -0.4 is 0 Å². The first-order valence-corrected chi connectivity index (χ1v) is 4.29. The molecular formula is C9H17O2. The van der Waals surface area contributed by atoms with Crippen molar-refractivity contribution in [1.82, 2.24) is 0 Å². The number of aliphatic hydroxyl groups is 1. The van der Waals surface area contributed by atoms with Crippen molar-refractivity contribution >= 4 is 0 Å². The van der Waals surface area contributed by atoms with Crippen LogP contribution in [0.2, 0.25) is 0 Å². The summed E-state index contributed by atoms with van der Waals surface area (Å²) in [4.78, 5) is 0. The molecule has 0 saturated heterocycles. The number of hydrogen-bond donors (Lipinski definition) is 1. The molecule has 1 fully saturated rings. The summed E-state index contributed by atoms with van der Waals surface area (Å²) >= 11 is 0. The maximum atomic E-state index is 9.66. The zero-order valence-electron chi connectivity index (χ0n) is 7.12. The average Bonchev–Trinajstić information content (AvgIpc) is 2.05. The van der Waals surface area contributed by atoms with Gasteiger partial charge in [0.25, 0.3) is 0 Å². The van der Waals surface area contributed by atoms with Crippen molar-refractivity contribution < 1.29 is 9.84 Å². The van der Waals surface area contributed by atoms with Gasteiger partial charge in [0.1, 0.15) is 0 Å². The molecule has 0 amide bonds. The molecule has 65 valence electrons. The number of methoxy groups -OCH3 is 1. The fraction of sp³-hybridized carbons (Fsp3) is 0.889. The molecule has 1 saturated carbocycles. The lowest BCUT2D eigenvalue weighted by atomic mass is 9.83. The van der Waals surface area contributed by atoms with Crippen LogP contribution in [-0.2, 0) is 4.74 Å². The average molecular weight is 157 g/mol. The molecule has 1 rings (SSSR count). The highest BCUT2D eigenvalue weighted by Gasteiger charge is 2.30. The molecule has 3 unspecified atom stereocenters. The van der Waals surface area contributed by atoms with Crippen LogP contribution in [0.1, 0.15) is 25.7 Å². The van der Waals surface area contributed by atoms with Crippen molar-refractivity contribution in [2.45, 2.75) is 37.9 Å². The van der Waals surface area contributed by atoms with Gasteiger partial charge in [0.2, 0.25) is 0 Å². The molecule has 0 aromatic rings. The van der Waals surface area contributed by atoms with Gasteiger partial charge in [0.15, 0.2) is 0 Å². The lowest BCUT2D eigenvalue weighted by Crippen LogP contribution is -2.38. The predicted molar refractivity (Wildman–Crippen MR) is 44.1 cm³/mol. The molecule has 0 aromatic carbocycles. The van der Waals surface area contributed by atoms with Crippen LogP contribution in [-0.4, -0.2) is 24.4 Å². The summed E-state index contributed by atoms with van der Waals surface area (Å²) in [6.07, 6.45) is 3.84. The third-order valence-corrected chi connectivity index (χ3v) is 2.60. The Morgan fingerprint density at radius 2 is 2.27 bits per heavy atom. The summed E-state index contributed by atoms with van der Waals surface area (Å²) < 4.78 is 5.16. The van der Waals surface area contributed by atoms with E-state index >= 15 is 0 Å². The fourth-order valence-electron chi connectivity index (χ4n) is 1.80. The van der Waals surface area contributed by atoms with E-state index in [1.54, 1.807) is 7.11 Å². The number of hydrogen-bond acceptors (Lipinski definition) is 2. The van der Waals surface area contributed by atoms with Gasteiger partial charge >= 0.3 is 0 Å². The highest BCUT2D eigenvalue weighted by Crippen LogP contribution is 2.28. The Kier molecular flexibility index (Phi) is 3.34. The van der Waals surface area contributed by atoms with Crippen molar-refractivity contribution in [3.8, 4) is 0 Å². The Labute approximate surface area is 68.6 Å². The SMILES string of the molecule is [CH2]CC1CCCC(OC)C1O.